The quantitative estimate of drug-likeness (QED) is 0.386. The van der Waals surface area contributed by atoms with Crippen LogP contribution in [0.25, 0.3) is 0 Å². The van der Waals surface area contributed by atoms with Gasteiger partial charge in [-0.2, -0.15) is 18.3 Å². The number of para-hydroxylation sites is 1. The number of alkyl halides is 3. The number of hydrogen-bond acceptors (Lipinski definition) is 3. The zero-order valence-electron chi connectivity index (χ0n) is 15.6. The highest BCUT2D eigenvalue weighted by atomic mass is 79.9. The van der Waals surface area contributed by atoms with Crippen molar-refractivity contribution in [3.05, 3.63) is 74.3 Å². The standard InChI is InChI=1S/C20H14BrCl2F3N4O/c21-11-6-4-10(5-7-11)14-8-16(20(24,25)26)30-17(27-14)9-15(29-30)19(31)28-18-12(22)2-1-3-13(18)23/h1-7,9,14,16,27H,8H2,(H,28,31). The molecule has 162 valence electrons. The maximum atomic E-state index is 13.8. The Kier molecular flexibility index (Phi) is 5.93. The van der Waals surface area contributed by atoms with Crippen molar-refractivity contribution < 1.29 is 18.0 Å². The predicted molar refractivity (Wildman–Crippen MR) is 117 cm³/mol. The van der Waals surface area contributed by atoms with Crippen LogP contribution in [0.5, 0.6) is 0 Å². The summed E-state index contributed by atoms with van der Waals surface area (Å²) in [6, 6.07) is 10.5. The number of anilines is 2. The van der Waals surface area contributed by atoms with Crippen LogP contribution in [0.2, 0.25) is 10.0 Å². The Morgan fingerprint density at radius 3 is 2.42 bits per heavy atom. The lowest BCUT2D eigenvalue weighted by molar-refractivity contribution is -0.173. The van der Waals surface area contributed by atoms with Gasteiger partial charge < -0.3 is 10.6 Å². The highest BCUT2D eigenvalue weighted by Gasteiger charge is 2.46. The van der Waals surface area contributed by atoms with Crippen LogP contribution in [0.4, 0.5) is 24.7 Å². The molecule has 1 aliphatic rings. The van der Waals surface area contributed by atoms with E-state index in [1.54, 1.807) is 30.3 Å². The summed E-state index contributed by atoms with van der Waals surface area (Å²) in [5.41, 5.74) is 0.665. The van der Waals surface area contributed by atoms with Crippen molar-refractivity contribution in [3.8, 4) is 0 Å². The third-order valence-corrected chi connectivity index (χ3v) is 6.05. The molecule has 0 bridgehead atoms. The number of carbonyl (C=O) groups is 1. The molecule has 0 radical (unpaired) electrons. The van der Waals surface area contributed by atoms with Crippen molar-refractivity contribution in [2.75, 3.05) is 10.6 Å². The molecular weight excluding hydrogens is 520 g/mol. The van der Waals surface area contributed by atoms with Gasteiger partial charge in [-0.15, -0.1) is 0 Å². The minimum Gasteiger partial charge on any atom is -0.363 e. The SMILES string of the molecule is O=C(Nc1c(Cl)cccc1Cl)c1cc2n(n1)C(C(F)(F)F)CC(c1ccc(Br)cc1)N2. The van der Waals surface area contributed by atoms with Gasteiger partial charge in [-0.3, -0.25) is 4.79 Å². The molecule has 0 saturated heterocycles. The fraction of sp³-hybridized carbons (Fsp3) is 0.200. The Morgan fingerprint density at radius 1 is 1.16 bits per heavy atom. The van der Waals surface area contributed by atoms with Crippen LogP contribution in [-0.2, 0) is 0 Å². The minimum absolute atomic E-state index is 0.0944. The summed E-state index contributed by atoms with van der Waals surface area (Å²) in [6.07, 6.45) is -4.81. The predicted octanol–water partition coefficient (Wildman–Crippen LogP) is 6.87. The zero-order valence-corrected chi connectivity index (χ0v) is 18.6. The summed E-state index contributed by atoms with van der Waals surface area (Å²) in [4.78, 5) is 12.7. The minimum atomic E-state index is -4.55. The van der Waals surface area contributed by atoms with E-state index in [-0.39, 0.29) is 33.7 Å². The van der Waals surface area contributed by atoms with E-state index in [4.69, 9.17) is 23.2 Å². The summed E-state index contributed by atoms with van der Waals surface area (Å²) in [6.45, 7) is 0. The highest BCUT2D eigenvalue weighted by Crippen LogP contribution is 2.44. The van der Waals surface area contributed by atoms with Crippen LogP contribution >= 0.6 is 39.1 Å². The van der Waals surface area contributed by atoms with Crippen LogP contribution in [0, 0.1) is 0 Å². The van der Waals surface area contributed by atoms with Gasteiger partial charge in [0.1, 0.15) is 5.82 Å². The van der Waals surface area contributed by atoms with E-state index in [1.807, 2.05) is 0 Å². The third-order valence-electron chi connectivity index (χ3n) is 4.90. The van der Waals surface area contributed by atoms with Crippen molar-refractivity contribution in [2.24, 2.45) is 0 Å². The Morgan fingerprint density at radius 2 is 1.81 bits per heavy atom. The number of halogens is 6. The summed E-state index contributed by atoms with van der Waals surface area (Å²) >= 11 is 15.4. The Balaban J connectivity index is 1.66. The van der Waals surface area contributed by atoms with Gasteiger partial charge in [-0.1, -0.05) is 57.3 Å². The van der Waals surface area contributed by atoms with Gasteiger partial charge in [0.15, 0.2) is 11.7 Å². The number of carbonyl (C=O) groups excluding carboxylic acids is 1. The monoisotopic (exact) mass is 532 g/mol. The molecule has 2 N–H and O–H groups in total. The number of aromatic nitrogens is 2. The first-order chi connectivity index (χ1) is 14.6. The van der Waals surface area contributed by atoms with E-state index in [0.29, 0.717) is 5.56 Å². The second kappa shape index (κ2) is 8.37. The highest BCUT2D eigenvalue weighted by molar-refractivity contribution is 9.10. The Hall–Kier alpha value is -2.23. The van der Waals surface area contributed by atoms with Gasteiger partial charge in [0, 0.05) is 17.0 Å². The van der Waals surface area contributed by atoms with Crippen molar-refractivity contribution >= 4 is 56.5 Å². The molecule has 0 saturated carbocycles. The van der Waals surface area contributed by atoms with Gasteiger partial charge in [-0.25, -0.2) is 4.68 Å². The topological polar surface area (TPSA) is 59.0 Å². The normalized spacial score (nSPS) is 18.3. The number of nitrogens with zero attached hydrogens (tertiary/aromatic N) is 2. The van der Waals surface area contributed by atoms with E-state index in [2.05, 4.69) is 31.7 Å². The van der Waals surface area contributed by atoms with Gasteiger partial charge >= 0.3 is 6.18 Å². The van der Waals surface area contributed by atoms with E-state index in [0.717, 1.165) is 9.15 Å². The number of hydrogen-bond donors (Lipinski definition) is 2. The molecule has 4 rings (SSSR count). The number of rotatable bonds is 3. The molecule has 11 heteroatoms. The maximum Gasteiger partial charge on any atom is 0.410 e. The van der Waals surface area contributed by atoms with E-state index < -0.39 is 24.2 Å². The number of nitrogens with one attached hydrogen (secondary N) is 2. The van der Waals surface area contributed by atoms with Crippen LogP contribution in [0.1, 0.15) is 34.6 Å². The molecule has 1 amide bonds. The lowest BCUT2D eigenvalue weighted by atomic mass is 9.97. The molecule has 0 fully saturated rings. The molecule has 2 heterocycles. The fourth-order valence-corrected chi connectivity index (χ4v) is 4.15. The molecule has 3 aromatic rings. The molecule has 2 aromatic carbocycles. The van der Waals surface area contributed by atoms with E-state index in [1.165, 1.54) is 18.2 Å². The molecule has 1 aromatic heterocycles. The van der Waals surface area contributed by atoms with Crippen LogP contribution in [-0.4, -0.2) is 21.9 Å². The largest absolute Gasteiger partial charge is 0.410 e. The first kappa shape index (κ1) is 22.0. The molecule has 0 spiro atoms. The molecule has 2 atom stereocenters. The first-order valence-electron chi connectivity index (χ1n) is 9.07. The third kappa shape index (κ3) is 4.53. The summed E-state index contributed by atoms with van der Waals surface area (Å²) in [7, 11) is 0. The molecule has 0 aliphatic carbocycles. The van der Waals surface area contributed by atoms with Crippen molar-refractivity contribution in [1.29, 1.82) is 0 Å². The maximum absolute atomic E-state index is 13.8. The number of benzene rings is 2. The van der Waals surface area contributed by atoms with Crippen molar-refractivity contribution in [3.63, 3.8) is 0 Å². The Bertz CT molecular complexity index is 1110. The van der Waals surface area contributed by atoms with E-state index >= 15 is 0 Å². The number of fused-ring (bicyclic) bond motifs is 1. The van der Waals surface area contributed by atoms with Crippen LogP contribution in [0.3, 0.4) is 0 Å². The van der Waals surface area contributed by atoms with Gasteiger partial charge in [0.05, 0.1) is 21.8 Å². The number of amides is 1. The summed E-state index contributed by atoms with van der Waals surface area (Å²) < 4.78 is 43.0. The molecule has 2 unspecified atom stereocenters. The molecule has 31 heavy (non-hydrogen) atoms. The van der Waals surface area contributed by atoms with Gasteiger partial charge in [0.25, 0.3) is 5.91 Å². The smallest absolute Gasteiger partial charge is 0.363 e. The Labute approximate surface area is 193 Å². The molecule has 1 aliphatic heterocycles. The first-order valence-corrected chi connectivity index (χ1v) is 10.6. The summed E-state index contributed by atoms with van der Waals surface area (Å²) in [5, 5.41) is 9.89. The van der Waals surface area contributed by atoms with Crippen LogP contribution in [0.15, 0.2) is 53.0 Å². The van der Waals surface area contributed by atoms with Gasteiger partial charge in [0.2, 0.25) is 0 Å². The lowest BCUT2D eigenvalue weighted by Gasteiger charge is -2.33. The summed E-state index contributed by atoms with van der Waals surface area (Å²) in [5.74, 6) is -0.628. The fourth-order valence-electron chi connectivity index (χ4n) is 3.39. The average Bonchev–Trinajstić information content (AvgIpc) is 3.14. The molecular formula is C20H14BrCl2F3N4O. The average molecular weight is 534 g/mol. The van der Waals surface area contributed by atoms with Crippen LogP contribution < -0.4 is 10.6 Å². The lowest BCUT2D eigenvalue weighted by Crippen LogP contribution is -2.35. The second-order valence-corrected chi connectivity index (χ2v) is 8.68. The van der Waals surface area contributed by atoms with Gasteiger partial charge in [-0.05, 0) is 29.8 Å². The second-order valence-electron chi connectivity index (χ2n) is 6.95. The van der Waals surface area contributed by atoms with E-state index in [9.17, 15) is 18.0 Å². The van der Waals surface area contributed by atoms with Crippen molar-refractivity contribution in [2.45, 2.75) is 24.7 Å². The molecule has 5 nitrogen and oxygen atoms in total. The zero-order chi connectivity index (χ0) is 22.3. The van der Waals surface area contributed by atoms with Crippen molar-refractivity contribution in [1.82, 2.24) is 9.78 Å².